The number of thiophene rings is 1. The minimum Gasteiger partial charge on any atom is -0.484 e. The van der Waals surface area contributed by atoms with Gasteiger partial charge in [-0.1, -0.05) is 12.1 Å². The van der Waals surface area contributed by atoms with Crippen molar-refractivity contribution in [3.63, 3.8) is 0 Å². The molecular formula is C19H15FN2O3S. The summed E-state index contributed by atoms with van der Waals surface area (Å²) >= 11 is 1.57. The predicted octanol–water partition coefficient (Wildman–Crippen LogP) is 4.24. The van der Waals surface area contributed by atoms with Crippen LogP contribution < -0.4 is 4.74 Å². The number of amides is 1. The maximum absolute atomic E-state index is 13.2. The van der Waals surface area contributed by atoms with E-state index >= 15 is 0 Å². The molecule has 3 heterocycles. The summed E-state index contributed by atoms with van der Waals surface area (Å²) < 4.78 is 24.1. The molecule has 4 rings (SSSR count). The number of carbonyl (C=O) groups excluding carboxylic acids is 1. The van der Waals surface area contributed by atoms with Crippen molar-refractivity contribution in [3.05, 3.63) is 76.6 Å². The van der Waals surface area contributed by atoms with Gasteiger partial charge >= 0.3 is 0 Å². The van der Waals surface area contributed by atoms with E-state index in [1.807, 2.05) is 23.6 Å². The quantitative estimate of drug-likeness (QED) is 0.675. The second kappa shape index (κ2) is 7.13. The van der Waals surface area contributed by atoms with Gasteiger partial charge in [0.2, 0.25) is 0 Å². The molecule has 0 fully saturated rings. The first-order valence-corrected chi connectivity index (χ1v) is 8.94. The van der Waals surface area contributed by atoms with Crippen LogP contribution in [0, 0.1) is 5.82 Å². The van der Waals surface area contributed by atoms with Crippen LogP contribution in [-0.4, -0.2) is 23.2 Å². The molecule has 3 aromatic rings. The van der Waals surface area contributed by atoms with Gasteiger partial charge in [-0.25, -0.2) is 9.40 Å². The number of benzene rings is 1. The average molecular weight is 370 g/mol. The molecule has 2 aromatic heterocycles. The summed E-state index contributed by atoms with van der Waals surface area (Å²) in [5.41, 5.74) is 0.715. The summed E-state index contributed by atoms with van der Waals surface area (Å²) in [5, 5.41) is 7.85. The molecule has 132 valence electrons. The molecular weight excluding hydrogens is 355 g/mol. The molecule has 0 aliphatic carbocycles. The first kappa shape index (κ1) is 16.5. The SMILES string of the molecule is O=C(COc1cccc(F)c1)N1N=C(c2ccco2)C[C@H]1c1cccs1. The van der Waals surface area contributed by atoms with Crippen LogP contribution >= 0.6 is 11.3 Å². The minimum atomic E-state index is -0.411. The van der Waals surface area contributed by atoms with Gasteiger partial charge in [-0.3, -0.25) is 4.79 Å². The van der Waals surface area contributed by atoms with E-state index in [4.69, 9.17) is 9.15 Å². The molecule has 0 spiro atoms. The highest BCUT2D eigenvalue weighted by Gasteiger charge is 2.34. The Balaban J connectivity index is 1.53. The maximum Gasteiger partial charge on any atom is 0.281 e. The Labute approximate surface area is 153 Å². The van der Waals surface area contributed by atoms with Gasteiger partial charge in [-0.05, 0) is 35.7 Å². The number of ether oxygens (including phenoxy) is 1. The maximum atomic E-state index is 13.2. The summed E-state index contributed by atoms with van der Waals surface area (Å²) in [6.07, 6.45) is 2.15. The number of carbonyl (C=O) groups is 1. The zero-order chi connectivity index (χ0) is 17.9. The highest BCUT2D eigenvalue weighted by molar-refractivity contribution is 7.10. The first-order chi connectivity index (χ1) is 12.7. The molecule has 0 radical (unpaired) electrons. The van der Waals surface area contributed by atoms with Crippen LogP contribution in [0.3, 0.4) is 0 Å². The van der Waals surface area contributed by atoms with Crippen LogP contribution in [0.25, 0.3) is 0 Å². The Morgan fingerprint density at radius 1 is 1.31 bits per heavy atom. The number of nitrogens with zero attached hydrogens (tertiary/aromatic N) is 2. The Hall–Kier alpha value is -2.93. The number of hydrogen-bond donors (Lipinski definition) is 0. The van der Waals surface area contributed by atoms with Gasteiger partial charge in [0.25, 0.3) is 5.91 Å². The summed E-state index contributed by atoms with van der Waals surface area (Å²) in [4.78, 5) is 13.7. The van der Waals surface area contributed by atoms with Crippen molar-refractivity contribution < 1.29 is 18.3 Å². The van der Waals surface area contributed by atoms with Crippen LogP contribution in [0.2, 0.25) is 0 Å². The van der Waals surface area contributed by atoms with Crippen molar-refractivity contribution >= 4 is 23.0 Å². The third kappa shape index (κ3) is 3.39. The van der Waals surface area contributed by atoms with E-state index in [0.29, 0.717) is 23.6 Å². The Morgan fingerprint density at radius 3 is 2.96 bits per heavy atom. The molecule has 1 atom stereocenters. The zero-order valence-electron chi connectivity index (χ0n) is 13.7. The molecule has 0 saturated heterocycles. The van der Waals surface area contributed by atoms with Gasteiger partial charge in [0, 0.05) is 17.4 Å². The van der Waals surface area contributed by atoms with Gasteiger partial charge in [0.15, 0.2) is 6.61 Å². The zero-order valence-corrected chi connectivity index (χ0v) is 14.5. The van der Waals surface area contributed by atoms with Gasteiger partial charge in [0.1, 0.15) is 23.0 Å². The number of halogens is 1. The third-order valence-electron chi connectivity index (χ3n) is 4.00. The van der Waals surface area contributed by atoms with Gasteiger partial charge in [0.05, 0.1) is 12.3 Å². The Morgan fingerprint density at radius 2 is 2.23 bits per heavy atom. The first-order valence-electron chi connectivity index (χ1n) is 8.06. The second-order valence-corrected chi connectivity index (χ2v) is 6.72. The van der Waals surface area contributed by atoms with E-state index in [1.54, 1.807) is 29.7 Å². The fourth-order valence-corrected chi connectivity index (χ4v) is 3.61. The molecule has 1 aromatic carbocycles. The lowest BCUT2D eigenvalue weighted by Crippen LogP contribution is -2.31. The fraction of sp³-hybridized carbons (Fsp3) is 0.158. The number of hydrogen-bond acceptors (Lipinski definition) is 5. The molecule has 26 heavy (non-hydrogen) atoms. The summed E-state index contributed by atoms with van der Waals surface area (Å²) in [7, 11) is 0. The molecule has 1 amide bonds. The largest absolute Gasteiger partial charge is 0.484 e. The monoisotopic (exact) mass is 370 g/mol. The van der Waals surface area contributed by atoms with E-state index in [2.05, 4.69) is 5.10 Å². The average Bonchev–Trinajstić information content (AvgIpc) is 3.40. The minimum absolute atomic E-state index is 0.196. The molecule has 1 aliphatic rings. The molecule has 0 N–H and O–H groups in total. The number of hydrazone groups is 1. The van der Waals surface area contributed by atoms with Crippen molar-refractivity contribution in [1.29, 1.82) is 0 Å². The van der Waals surface area contributed by atoms with Crippen LogP contribution in [0.1, 0.15) is 23.1 Å². The fourth-order valence-electron chi connectivity index (χ4n) is 2.80. The third-order valence-corrected chi connectivity index (χ3v) is 4.98. The Kier molecular flexibility index (Phi) is 4.53. The number of rotatable bonds is 5. The summed E-state index contributed by atoms with van der Waals surface area (Å²) in [5.74, 6) is 0.244. The molecule has 1 aliphatic heterocycles. The van der Waals surface area contributed by atoms with Crippen molar-refractivity contribution in [2.45, 2.75) is 12.5 Å². The van der Waals surface area contributed by atoms with E-state index in [-0.39, 0.29) is 18.6 Å². The van der Waals surface area contributed by atoms with E-state index in [0.717, 1.165) is 4.88 Å². The lowest BCUT2D eigenvalue weighted by atomic mass is 10.1. The predicted molar refractivity (Wildman–Crippen MR) is 95.7 cm³/mol. The Bertz CT molecular complexity index is 922. The van der Waals surface area contributed by atoms with Crippen molar-refractivity contribution in [3.8, 4) is 5.75 Å². The molecule has 0 saturated carbocycles. The van der Waals surface area contributed by atoms with Crippen LogP contribution in [0.5, 0.6) is 5.75 Å². The lowest BCUT2D eigenvalue weighted by Gasteiger charge is -2.20. The smallest absolute Gasteiger partial charge is 0.281 e. The van der Waals surface area contributed by atoms with E-state index < -0.39 is 5.82 Å². The molecule has 7 heteroatoms. The standard InChI is InChI=1S/C19H15FN2O3S/c20-13-4-1-5-14(10-13)25-12-19(23)22-16(18-7-3-9-26-18)11-15(21-22)17-6-2-8-24-17/h1-10,16H,11-12H2/t16-/m0/s1. The molecule has 0 bridgehead atoms. The van der Waals surface area contributed by atoms with Crippen molar-refractivity contribution in [2.24, 2.45) is 5.10 Å². The second-order valence-electron chi connectivity index (χ2n) is 5.74. The highest BCUT2D eigenvalue weighted by atomic mass is 32.1. The lowest BCUT2D eigenvalue weighted by molar-refractivity contribution is -0.135. The van der Waals surface area contributed by atoms with Crippen LogP contribution in [-0.2, 0) is 4.79 Å². The van der Waals surface area contributed by atoms with Crippen molar-refractivity contribution in [2.75, 3.05) is 6.61 Å². The molecule has 0 unspecified atom stereocenters. The van der Waals surface area contributed by atoms with Gasteiger partial charge in [-0.2, -0.15) is 5.10 Å². The van der Waals surface area contributed by atoms with E-state index in [9.17, 15) is 9.18 Å². The normalized spacial score (nSPS) is 16.6. The summed E-state index contributed by atoms with van der Waals surface area (Å²) in [6, 6.07) is 13.0. The van der Waals surface area contributed by atoms with Gasteiger partial charge in [-0.15, -0.1) is 11.3 Å². The van der Waals surface area contributed by atoms with Crippen molar-refractivity contribution in [1.82, 2.24) is 5.01 Å². The van der Waals surface area contributed by atoms with Crippen LogP contribution in [0.4, 0.5) is 4.39 Å². The topological polar surface area (TPSA) is 55.0 Å². The summed E-state index contributed by atoms with van der Waals surface area (Å²) in [6.45, 7) is -0.222. The number of furan rings is 1. The highest BCUT2D eigenvalue weighted by Crippen LogP contribution is 2.35. The molecule has 5 nitrogen and oxygen atoms in total. The van der Waals surface area contributed by atoms with Gasteiger partial charge < -0.3 is 9.15 Å². The van der Waals surface area contributed by atoms with Crippen LogP contribution in [0.15, 0.2) is 69.7 Å². The van der Waals surface area contributed by atoms with E-state index in [1.165, 1.54) is 23.2 Å².